The van der Waals surface area contributed by atoms with E-state index in [0.717, 1.165) is 11.5 Å². The molecule has 3 heteroatoms. The van der Waals surface area contributed by atoms with E-state index in [1.54, 1.807) is 0 Å². The number of rotatable bonds is 2. The lowest BCUT2D eigenvalue weighted by Gasteiger charge is -2.18. The Morgan fingerprint density at radius 1 is 1.75 bits per heavy atom. The van der Waals surface area contributed by atoms with Gasteiger partial charge in [-0.3, -0.25) is 0 Å². The van der Waals surface area contributed by atoms with E-state index in [0.29, 0.717) is 0 Å². The van der Waals surface area contributed by atoms with Crippen LogP contribution < -0.4 is 0 Å². The molecule has 0 aliphatic carbocycles. The van der Waals surface area contributed by atoms with Crippen LogP contribution in [0.1, 0.15) is 13.8 Å². The van der Waals surface area contributed by atoms with Gasteiger partial charge < -0.3 is 4.90 Å². The largest absolute Gasteiger partial charge is 0.371 e. The van der Waals surface area contributed by atoms with Gasteiger partial charge in [0.05, 0.1) is 4.99 Å². The minimum Gasteiger partial charge on any atom is -0.371 e. The van der Waals surface area contributed by atoms with Gasteiger partial charge in [0, 0.05) is 23.0 Å². The summed E-state index contributed by atoms with van der Waals surface area (Å²) in [4.78, 5) is 3.24. The molecule has 0 fully saturated rings. The summed E-state index contributed by atoms with van der Waals surface area (Å²) in [6.45, 7) is 5.18. The average Bonchev–Trinajstić information content (AvgIpc) is 1.69. The van der Waals surface area contributed by atoms with Crippen LogP contribution in [0, 0.1) is 0 Å². The molecule has 0 radical (unpaired) electrons. The molecule has 0 aromatic heterocycles. The van der Waals surface area contributed by atoms with E-state index in [-0.39, 0.29) is 0 Å². The molecule has 0 heterocycles. The van der Waals surface area contributed by atoms with E-state index in [1.807, 2.05) is 6.92 Å². The molecule has 0 aromatic rings. The standard InChI is InChI=1S/C5H13NSSi/c1-3-6(4-8)5(2)7/h3-4H2,1-2,8H3. The van der Waals surface area contributed by atoms with E-state index in [9.17, 15) is 0 Å². The monoisotopic (exact) mass is 147 g/mol. The van der Waals surface area contributed by atoms with Crippen molar-refractivity contribution in [2.24, 2.45) is 0 Å². The van der Waals surface area contributed by atoms with Crippen LogP contribution in [-0.4, -0.2) is 32.8 Å². The van der Waals surface area contributed by atoms with Gasteiger partial charge in [0.25, 0.3) is 0 Å². The normalized spacial score (nSPS) is 9.25. The fraction of sp³-hybridized carbons (Fsp3) is 0.800. The minimum absolute atomic E-state index is 1.03. The van der Waals surface area contributed by atoms with Gasteiger partial charge in [-0.05, 0) is 13.8 Å². The van der Waals surface area contributed by atoms with Crippen LogP contribution in [0.15, 0.2) is 0 Å². The first kappa shape index (κ1) is 8.11. The van der Waals surface area contributed by atoms with Crippen LogP contribution in [0.25, 0.3) is 0 Å². The lowest BCUT2D eigenvalue weighted by atomic mass is 10.6. The summed E-state index contributed by atoms with van der Waals surface area (Å²) in [7, 11) is 1.22. The second kappa shape index (κ2) is 4.03. The van der Waals surface area contributed by atoms with Crippen molar-refractivity contribution in [2.45, 2.75) is 13.8 Å². The molecule has 48 valence electrons. The molecule has 0 bridgehead atoms. The maximum Gasteiger partial charge on any atom is 0.0744 e. The van der Waals surface area contributed by atoms with Gasteiger partial charge in [-0.25, -0.2) is 0 Å². The Labute approximate surface area is 59.5 Å². The van der Waals surface area contributed by atoms with Crippen LogP contribution in [0.4, 0.5) is 0 Å². The topological polar surface area (TPSA) is 3.24 Å². The third-order valence-electron chi connectivity index (χ3n) is 1.21. The zero-order valence-corrected chi connectivity index (χ0v) is 8.59. The van der Waals surface area contributed by atoms with Crippen molar-refractivity contribution in [3.63, 3.8) is 0 Å². The van der Waals surface area contributed by atoms with E-state index < -0.39 is 0 Å². The lowest BCUT2D eigenvalue weighted by Crippen LogP contribution is -2.27. The Morgan fingerprint density at radius 3 is 2.25 bits per heavy atom. The van der Waals surface area contributed by atoms with Crippen molar-refractivity contribution in [2.75, 3.05) is 12.7 Å². The van der Waals surface area contributed by atoms with Crippen LogP contribution in [0.5, 0.6) is 0 Å². The molecule has 0 saturated carbocycles. The number of hydrogen-bond donors (Lipinski definition) is 0. The fourth-order valence-electron chi connectivity index (χ4n) is 0.669. The summed E-state index contributed by atoms with van der Waals surface area (Å²) in [6, 6.07) is 0. The maximum absolute atomic E-state index is 4.96. The van der Waals surface area contributed by atoms with Crippen molar-refractivity contribution in [1.82, 2.24) is 4.90 Å². The summed E-state index contributed by atoms with van der Waals surface area (Å²) in [5.41, 5.74) is 0. The van der Waals surface area contributed by atoms with Gasteiger partial charge in [-0.2, -0.15) is 0 Å². The van der Waals surface area contributed by atoms with E-state index in [1.165, 1.54) is 16.4 Å². The first-order valence-electron chi connectivity index (χ1n) is 2.97. The van der Waals surface area contributed by atoms with Crippen molar-refractivity contribution in [3.05, 3.63) is 0 Å². The predicted octanol–water partition coefficient (Wildman–Crippen LogP) is -0.0215. The van der Waals surface area contributed by atoms with Crippen LogP contribution in [0.3, 0.4) is 0 Å². The predicted molar refractivity (Wildman–Crippen MR) is 45.5 cm³/mol. The first-order valence-corrected chi connectivity index (χ1v) is 4.80. The van der Waals surface area contributed by atoms with Crippen LogP contribution >= 0.6 is 12.2 Å². The Hall–Kier alpha value is 0.107. The highest BCUT2D eigenvalue weighted by Crippen LogP contribution is 1.86. The van der Waals surface area contributed by atoms with Gasteiger partial charge in [-0.1, -0.05) is 12.2 Å². The number of thiocarbonyl (C=S) groups is 1. The smallest absolute Gasteiger partial charge is 0.0744 e. The maximum atomic E-state index is 4.96. The van der Waals surface area contributed by atoms with Crippen molar-refractivity contribution in [3.8, 4) is 0 Å². The molecule has 0 aliphatic rings. The summed E-state index contributed by atoms with van der Waals surface area (Å²) in [5.74, 6) is 0. The van der Waals surface area contributed by atoms with E-state index in [2.05, 4.69) is 11.8 Å². The summed E-state index contributed by atoms with van der Waals surface area (Å²) >= 11 is 4.96. The SMILES string of the molecule is CCN(C[SiH3])C(C)=S. The Bertz CT molecular complexity index is 80.5. The molecule has 0 aliphatic heterocycles. The highest BCUT2D eigenvalue weighted by molar-refractivity contribution is 7.80. The third-order valence-corrected chi connectivity index (χ3v) is 2.23. The summed E-state index contributed by atoms with van der Waals surface area (Å²) in [6.07, 6.45) is 1.17. The zero-order valence-electron chi connectivity index (χ0n) is 5.77. The molecule has 0 spiro atoms. The fourth-order valence-corrected chi connectivity index (χ4v) is 2.08. The van der Waals surface area contributed by atoms with Gasteiger partial charge in [-0.15, -0.1) is 0 Å². The molecule has 0 atom stereocenters. The molecule has 0 amide bonds. The van der Waals surface area contributed by atoms with E-state index >= 15 is 0 Å². The van der Waals surface area contributed by atoms with E-state index in [4.69, 9.17) is 12.2 Å². The summed E-state index contributed by atoms with van der Waals surface area (Å²) < 4.78 is 0. The van der Waals surface area contributed by atoms with Crippen molar-refractivity contribution < 1.29 is 0 Å². The van der Waals surface area contributed by atoms with Crippen LogP contribution in [0.2, 0.25) is 0 Å². The van der Waals surface area contributed by atoms with Gasteiger partial charge in [0.1, 0.15) is 0 Å². The molecule has 0 N–H and O–H groups in total. The van der Waals surface area contributed by atoms with Gasteiger partial charge >= 0.3 is 0 Å². The minimum atomic E-state index is 1.03. The molecule has 1 nitrogen and oxygen atoms in total. The highest BCUT2D eigenvalue weighted by atomic mass is 32.1. The highest BCUT2D eigenvalue weighted by Gasteiger charge is 1.95. The van der Waals surface area contributed by atoms with Gasteiger partial charge in [0.2, 0.25) is 0 Å². The second-order valence-corrected chi connectivity index (χ2v) is 2.91. The third kappa shape index (κ3) is 2.42. The molecule has 0 unspecified atom stereocenters. The number of hydrogen-bond acceptors (Lipinski definition) is 1. The molecular weight excluding hydrogens is 134 g/mol. The van der Waals surface area contributed by atoms with Crippen LogP contribution in [-0.2, 0) is 0 Å². The second-order valence-electron chi connectivity index (χ2n) is 1.69. The van der Waals surface area contributed by atoms with Crippen molar-refractivity contribution >= 4 is 27.4 Å². The average molecular weight is 147 g/mol. The Balaban J connectivity index is 3.52. The number of nitrogens with zero attached hydrogens (tertiary/aromatic N) is 1. The van der Waals surface area contributed by atoms with Gasteiger partial charge in [0.15, 0.2) is 0 Å². The molecular formula is C5H13NSSi. The molecule has 0 rings (SSSR count). The van der Waals surface area contributed by atoms with Crippen molar-refractivity contribution in [1.29, 1.82) is 0 Å². The Kier molecular flexibility index (Phi) is 4.09. The Morgan fingerprint density at radius 2 is 2.25 bits per heavy atom. The molecule has 8 heavy (non-hydrogen) atoms. The quantitative estimate of drug-likeness (QED) is 0.399. The summed E-state index contributed by atoms with van der Waals surface area (Å²) in [5, 5.41) is 0. The molecule has 0 saturated heterocycles. The zero-order chi connectivity index (χ0) is 6.57. The lowest BCUT2D eigenvalue weighted by molar-refractivity contribution is 0.518. The first-order chi connectivity index (χ1) is 3.72. The molecule has 0 aromatic carbocycles.